The maximum absolute atomic E-state index is 13.2. The fourth-order valence-corrected chi connectivity index (χ4v) is 5.93. The first kappa shape index (κ1) is 22.4. The Kier molecular flexibility index (Phi) is 5.47. The molecule has 3 aliphatic rings. The van der Waals surface area contributed by atoms with Crippen LogP contribution in [0.3, 0.4) is 0 Å². The zero-order valence-electron chi connectivity index (χ0n) is 19.4. The number of rotatable bonds is 4. The third-order valence-corrected chi connectivity index (χ3v) is 7.75. The molecule has 3 aliphatic heterocycles. The molecule has 2 fully saturated rings. The predicted molar refractivity (Wildman–Crippen MR) is 140 cm³/mol. The molecule has 0 saturated carbocycles. The first-order chi connectivity index (χ1) is 16.9. The minimum atomic E-state index is -0.241. The van der Waals surface area contributed by atoms with E-state index in [-0.39, 0.29) is 12.6 Å². The normalized spacial score (nSPS) is 21.6. The van der Waals surface area contributed by atoms with Crippen molar-refractivity contribution in [3.8, 4) is 0 Å². The molecule has 2 unspecified atom stereocenters. The Bertz CT molecular complexity index is 1280. The van der Waals surface area contributed by atoms with Crippen molar-refractivity contribution in [2.75, 3.05) is 53.9 Å². The summed E-state index contributed by atoms with van der Waals surface area (Å²) in [4.78, 5) is 30.7. The quantitative estimate of drug-likeness (QED) is 0.556. The fraction of sp³-hybridized carbons (Fsp3) is 0.320. The van der Waals surface area contributed by atoms with Crippen molar-refractivity contribution in [2.45, 2.75) is 18.5 Å². The number of fused-ring (bicyclic) bond motifs is 3. The van der Waals surface area contributed by atoms with Crippen LogP contribution in [0.5, 0.6) is 0 Å². The highest BCUT2D eigenvalue weighted by Crippen LogP contribution is 2.38. The number of amides is 1. The van der Waals surface area contributed by atoms with Gasteiger partial charge in [0.15, 0.2) is 0 Å². The Morgan fingerprint density at radius 1 is 1.00 bits per heavy atom. The molecule has 1 N–H and O–H groups in total. The van der Waals surface area contributed by atoms with Crippen molar-refractivity contribution in [3.63, 3.8) is 0 Å². The predicted octanol–water partition coefficient (Wildman–Crippen LogP) is 4.47. The summed E-state index contributed by atoms with van der Waals surface area (Å²) in [6, 6.07) is 14.8. The number of piperazine rings is 1. The number of hydrogen-bond donors (Lipinski definition) is 1. The van der Waals surface area contributed by atoms with Crippen LogP contribution in [0.15, 0.2) is 48.7 Å². The summed E-state index contributed by atoms with van der Waals surface area (Å²) < 4.78 is 0. The molecule has 3 aromatic rings. The van der Waals surface area contributed by atoms with Crippen molar-refractivity contribution in [3.05, 3.63) is 64.3 Å². The summed E-state index contributed by atoms with van der Waals surface area (Å²) in [6.07, 6.45) is 2.79. The lowest BCUT2D eigenvalue weighted by Crippen LogP contribution is -2.46. The van der Waals surface area contributed by atoms with Crippen molar-refractivity contribution in [2.24, 2.45) is 0 Å². The van der Waals surface area contributed by atoms with Gasteiger partial charge in [0.25, 0.3) is 5.91 Å². The fourth-order valence-electron chi connectivity index (χ4n) is 5.33. The van der Waals surface area contributed by atoms with E-state index in [1.165, 1.54) is 12.1 Å². The van der Waals surface area contributed by atoms with Crippen molar-refractivity contribution < 1.29 is 4.79 Å². The summed E-state index contributed by atoms with van der Waals surface area (Å²) in [5.41, 5.74) is 3.01. The molecular weight excluding hydrogens is 485 g/mol. The summed E-state index contributed by atoms with van der Waals surface area (Å²) in [5, 5.41) is 4.10. The van der Waals surface area contributed by atoms with E-state index in [9.17, 15) is 4.79 Å². The molecule has 2 bridgehead atoms. The van der Waals surface area contributed by atoms with E-state index in [0.717, 1.165) is 18.8 Å². The second-order valence-corrected chi connectivity index (χ2v) is 10.2. The highest BCUT2D eigenvalue weighted by atomic mass is 35.5. The Labute approximate surface area is 214 Å². The van der Waals surface area contributed by atoms with Crippen LogP contribution < -0.4 is 20.0 Å². The van der Waals surface area contributed by atoms with E-state index in [0.29, 0.717) is 45.1 Å². The Balaban J connectivity index is 1.20. The molecule has 1 aromatic heterocycles. The number of aromatic nitrogens is 2. The summed E-state index contributed by atoms with van der Waals surface area (Å²) in [7, 11) is 4.08. The number of nitrogens with one attached hydrogen (secondary N) is 1. The van der Waals surface area contributed by atoms with Crippen LogP contribution in [0.2, 0.25) is 10.0 Å². The number of anilines is 5. The monoisotopic (exact) mass is 509 g/mol. The molecule has 6 rings (SSSR count). The molecule has 0 radical (unpaired) electrons. The molecule has 180 valence electrons. The highest BCUT2D eigenvalue weighted by Gasteiger charge is 2.41. The first-order valence-electron chi connectivity index (χ1n) is 11.6. The molecule has 0 spiro atoms. The number of likely N-dealkylation sites (tertiary alicyclic amines) is 1. The zero-order chi connectivity index (χ0) is 24.3. The van der Waals surface area contributed by atoms with Crippen LogP contribution in [0.25, 0.3) is 0 Å². The van der Waals surface area contributed by atoms with Crippen LogP contribution in [0.4, 0.5) is 28.8 Å². The van der Waals surface area contributed by atoms with Gasteiger partial charge in [-0.3, -0.25) is 14.6 Å². The van der Waals surface area contributed by atoms with Gasteiger partial charge in [-0.1, -0.05) is 29.3 Å². The van der Waals surface area contributed by atoms with Gasteiger partial charge in [0, 0.05) is 49.8 Å². The van der Waals surface area contributed by atoms with Crippen molar-refractivity contribution in [1.29, 1.82) is 0 Å². The number of carbonyl (C=O) groups is 1. The molecule has 10 heteroatoms. The SMILES string of the molecule is CN1CN(c2c(Cl)cccc2Cl)C(=O)c2cnc(Nc3ccc(N4CC5CC4CN5C)cc3)nc21. The van der Waals surface area contributed by atoms with Crippen LogP contribution in [0, 0.1) is 0 Å². The van der Waals surface area contributed by atoms with Crippen LogP contribution in [-0.2, 0) is 0 Å². The molecular formula is C25H25Cl2N7O. The number of hydrogen-bond acceptors (Lipinski definition) is 7. The minimum absolute atomic E-state index is 0.241. The number of benzene rings is 2. The molecule has 2 atom stereocenters. The van der Waals surface area contributed by atoms with Gasteiger partial charge < -0.3 is 15.1 Å². The first-order valence-corrected chi connectivity index (χ1v) is 12.3. The standard InChI is InChI=1S/C25H25Cl2N7O/c1-31-12-18-10-17(31)13-33(18)16-8-6-15(7-9-16)29-25-28-11-19-23(30-25)32(2)14-34(24(19)35)22-20(26)4-3-5-21(22)27/h3-9,11,17-18H,10,12-14H2,1-2H3,(H,28,29,30). The van der Waals surface area contributed by atoms with Crippen LogP contribution >= 0.6 is 23.2 Å². The second kappa shape index (κ2) is 8.55. The van der Waals surface area contributed by atoms with Gasteiger partial charge in [0.2, 0.25) is 5.95 Å². The van der Waals surface area contributed by atoms with Crippen LogP contribution in [-0.4, -0.2) is 66.7 Å². The average Bonchev–Trinajstić information content (AvgIpc) is 3.42. The average molecular weight is 510 g/mol. The molecule has 2 saturated heterocycles. The minimum Gasteiger partial charge on any atom is -0.366 e. The Hall–Kier alpha value is -3.07. The van der Waals surface area contributed by atoms with Crippen molar-refractivity contribution in [1.82, 2.24) is 14.9 Å². The zero-order valence-corrected chi connectivity index (χ0v) is 21.0. The molecule has 4 heterocycles. The van der Waals surface area contributed by atoms with E-state index in [1.807, 2.05) is 24.1 Å². The van der Waals surface area contributed by atoms with Crippen molar-refractivity contribution >= 4 is 57.9 Å². The topological polar surface area (TPSA) is 67.8 Å². The van der Waals surface area contributed by atoms with E-state index in [2.05, 4.69) is 44.3 Å². The molecule has 8 nitrogen and oxygen atoms in total. The number of nitrogens with zero attached hydrogens (tertiary/aromatic N) is 6. The molecule has 1 amide bonds. The largest absolute Gasteiger partial charge is 0.366 e. The Morgan fingerprint density at radius 3 is 2.40 bits per heavy atom. The maximum Gasteiger partial charge on any atom is 0.265 e. The lowest BCUT2D eigenvalue weighted by Gasteiger charge is -2.35. The van der Waals surface area contributed by atoms with Gasteiger partial charge in [0.05, 0.1) is 22.4 Å². The molecule has 35 heavy (non-hydrogen) atoms. The Morgan fingerprint density at radius 2 is 1.74 bits per heavy atom. The lowest BCUT2D eigenvalue weighted by molar-refractivity contribution is 0.0982. The summed E-state index contributed by atoms with van der Waals surface area (Å²) in [6.45, 7) is 2.48. The van der Waals surface area contributed by atoms with Gasteiger partial charge >= 0.3 is 0 Å². The number of carbonyl (C=O) groups excluding carboxylic acids is 1. The third-order valence-electron chi connectivity index (χ3n) is 7.14. The van der Waals surface area contributed by atoms with Gasteiger partial charge in [-0.2, -0.15) is 4.98 Å². The lowest BCUT2D eigenvalue weighted by atomic mass is 10.2. The molecule has 2 aromatic carbocycles. The third kappa shape index (κ3) is 3.86. The number of halogens is 2. The summed E-state index contributed by atoms with van der Waals surface area (Å²) in [5.74, 6) is 0.748. The smallest absolute Gasteiger partial charge is 0.265 e. The number of para-hydroxylation sites is 1. The second-order valence-electron chi connectivity index (χ2n) is 9.38. The maximum atomic E-state index is 13.2. The van der Waals surface area contributed by atoms with E-state index >= 15 is 0 Å². The van der Waals surface area contributed by atoms with E-state index in [4.69, 9.17) is 23.2 Å². The van der Waals surface area contributed by atoms with Crippen LogP contribution in [0.1, 0.15) is 16.8 Å². The van der Waals surface area contributed by atoms with Gasteiger partial charge in [-0.05, 0) is 49.9 Å². The van der Waals surface area contributed by atoms with E-state index < -0.39 is 0 Å². The highest BCUT2D eigenvalue weighted by molar-refractivity contribution is 6.40. The van der Waals surface area contributed by atoms with Gasteiger partial charge in [-0.25, -0.2) is 4.98 Å². The van der Waals surface area contributed by atoms with Gasteiger partial charge in [0.1, 0.15) is 11.4 Å². The molecule has 0 aliphatic carbocycles. The van der Waals surface area contributed by atoms with E-state index in [1.54, 1.807) is 29.3 Å². The van der Waals surface area contributed by atoms with Gasteiger partial charge in [-0.15, -0.1) is 0 Å². The number of likely N-dealkylation sites (N-methyl/N-ethyl adjacent to an activating group) is 1. The summed E-state index contributed by atoms with van der Waals surface area (Å²) >= 11 is 12.7.